The van der Waals surface area contributed by atoms with E-state index in [1.54, 1.807) is 55.6 Å². The van der Waals surface area contributed by atoms with E-state index in [-0.39, 0.29) is 5.91 Å². The zero-order valence-corrected chi connectivity index (χ0v) is 12.1. The molecule has 2 aromatic carbocycles. The first-order chi connectivity index (χ1) is 10.1. The molecule has 3 N–H and O–H groups in total. The highest BCUT2D eigenvalue weighted by molar-refractivity contribution is 6.30. The molecule has 0 radical (unpaired) electrons. The Balaban J connectivity index is 2.04. The Morgan fingerprint density at radius 3 is 2.19 bits per heavy atom. The molecule has 0 saturated heterocycles. The molecule has 0 heterocycles. The van der Waals surface area contributed by atoms with Crippen molar-refractivity contribution in [3.63, 3.8) is 0 Å². The van der Waals surface area contributed by atoms with E-state index in [4.69, 9.17) is 11.6 Å². The van der Waals surface area contributed by atoms with Crippen LogP contribution in [-0.4, -0.2) is 19.0 Å². The van der Waals surface area contributed by atoms with Gasteiger partial charge in [0.05, 0.1) is 0 Å². The average molecular weight is 304 g/mol. The fourth-order valence-corrected chi connectivity index (χ4v) is 1.93. The number of halogens is 1. The topological polar surface area (TPSA) is 70.2 Å². The van der Waals surface area contributed by atoms with Crippen molar-refractivity contribution in [3.05, 3.63) is 59.1 Å². The van der Waals surface area contributed by atoms with Crippen LogP contribution in [-0.2, 0) is 0 Å². The number of hydrogen-bond donors (Lipinski definition) is 3. The van der Waals surface area contributed by atoms with Gasteiger partial charge in [0.2, 0.25) is 0 Å². The van der Waals surface area contributed by atoms with Gasteiger partial charge in [-0.25, -0.2) is 4.79 Å². The van der Waals surface area contributed by atoms with Crippen LogP contribution in [0.1, 0.15) is 10.4 Å². The minimum absolute atomic E-state index is 0.214. The SMILES string of the molecule is CNC(=O)c1cccc(NC(=O)Nc2cccc(Cl)c2)c1. The van der Waals surface area contributed by atoms with Crippen molar-refractivity contribution in [2.45, 2.75) is 0 Å². The lowest BCUT2D eigenvalue weighted by Crippen LogP contribution is -2.21. The number of nitrogens with one attached hydrogen (secondary N) is 3. The summed E-state index contributed by atoms with van der Waals surface area (Å²) in [6.07, 6.45) is 0. The summed E-state index contributed by atoms with van der Waals surface area (Å²) in [4.78, 5) is 23.4. The zero-order valence-electron chi connectivity index (χ0n) is 11.3. The van der Waals surface area contributed by atoms with Gasteiger partial charge < -0.3 is 16.0 Å². The van der Waals surface area contributed by atoms with E-state index in [9.17, 15) is 9.59 Å². The normalized spacial score (nSPS) is 9.81. The van der Waals surface area contributed by atoms with Gasteiger partial charge in [-0.05, 0) is 36.4 Å². The van der Waals surface area contributed by atoms with Gasteiger partial charge in [-0.2, -0.15) is 0 Å². The molecule has 0 aliphatic heterocycles. The summed E-state index contributed by atoms with van der Waals surface area (Å²) in [6, 6.07) is 13.1. The smallest absolute Gasteiger partial charge is 0.323 e. The number of carbonyl (C=O) groups is 2. The molecule has 0 unspecified atom stereocenters. The summed E-state index contributed by atoms with van der Waals surface area (Å²) >= 11 is 5.84. The standard InChI is InChI=1S/C15H14ClN3O2/c1-17-14(20)10-4-2-6-12(8-10)18-15(21)19-13-7-3-5-11(16)9-13/h2-9H,1H3,(H,17,20)(H2,18,19,21). The highest BCUT2D eigenvalue weighted by Gasteiger charge is 2.06. The maximum Gasteiger partial charge on any atom is 0.323 e. The fraction of sp³-hybridized carbons (Fsp3) is 0.0667. The molecule has 0 atom stereocenters. The predicted molar refractivity (Wildman–Crippen MR) is 83.9 cm³/mol. The first-order valence-corrected chi connectivity index (χ1v) is 6.62. The summed E-state index contributed by atoms with van der Waals surface area (Å²) in [6.45, 7) is 0. The molecule has 0 spiro atoms. The third-order valence-electron chi connectivity index (χ3n) is 2.69. The maximum atomic E-state index is 11.9. The van der Waals surface area contributed by atoms with Gasteiger partial charge in [0.25, 0.3) is 5.91 Å². The molecule has 108 valence electrons. The van der Waals surface area contributed by atoms with Crippen molar-refractivity contribution in [1.82, 2.24) is 5.32 Å². The van der Waals surface area contributed by atoms with Crippen molar-refractivity contribution in [2.75, 3.05) is 17.7 Å². The molecule has 2 aromatic rings. The molecule has 0 aliphatic rings. The summed E-state index contributed by atoms with van der Waals surface area (Å²) in [5.41, 5.74) is 1.58. The van der Waals surface area contributed by atoms with Crippen LogP contribution < -0.4 is 16.0 Å². The second-order valence-electron chi connectivity index (χ2n) is 4.25. The number of benzene rings is 2. The molecule has 0 bridgehead atoms. The van der Waals surface area contributed by atoms with Crippen LogP contribution in [0.15, 0.2) is 48.5 Å². The van der Waals surface area contributed by atoms with E-state index in [1.165, 1.54) is 0 Å². The Hall–Kier alpha value is -2.53. The molecule has 6 heteroatoms. The minimum Gasteiger partial charge on any atom is -0.355 e. The monoisotopic (exact) mass is 303 g/mol. The number of amides is 3. The Morgan fingerprint density at radius 2 is 1.57 bits per heavy atom. The van der Waals surface area contributed by atoms with E-state index >= 15 is 0 Å². The predicted octanol–water partition coefficient (Wildman–Crippen LogP) is 3.34. The molecule has 0 fully saturated rings. The third-order valence-corrected chi connectivity index (χ3v) is 2.93. The van der Waals surface area contributed by atoms with Crippen LogP contribution in [0.3, 0.4) is 0 Å². The van der Waals surface area contributed by atoms with Gasteiger partial charge in [0, 0.05) is 29.0 Å². The Bertz CT molecular complexity index is 673. The summed E-state index contributed by atoms with van der Waals surface area (Å²) < 4.78 is 0. The van der Waals surface area contributed by atoms with E-state index in [0.717, 1.165) is 0 Å². The fourth-order valence-electron chi connectivity index (χ4n) is 1.74. The van der Waals surface area contributed by atoms with E-state index in [0.29, 0.717) is 22.0 Å². The number of hydrogen-bond acceptors (Lipinski definition) is 2. The van der Waals surface area contributed by atoms with Crippen molar-refractivity contribution in [1.29, 1.82) is 0 Å². The number of anilines is 2. The first kappa shape index (κ1) is 14.9. The van der Waals surface area contributed by atoms with Crippen LogP contribution in [0.5, 0.6) is 0 Å². The number of carbonyl (C=O) groups excluding carboxylic acids is 2. The second kappa shape index (κ2) is 6.76. The molecule has 0 aromatic heterocycles. The summed E-state index contributed by atoms with van der Waals surface area (Å²) in [5.74, 6) is -0.214. The van der Waals surface area contributed by atoms with Crippen molar-refractivity contribution in [3.8, 4) is 0 Å². The van der Waals surface area contributed by atoms with Crippen molar-refractivity contribution in [2.24, 2.45) is 0 Å². The minimum atomic E-state index is -0.411. The lowest BCUT2D eigenvalue weighted by Gasteiger charge is -2.09. The quantitative estimate of drug-likeness (QED) is 0.814. The van der Waals surface area contributed by atoms with Gasteiger partial charge in [-0.15, -0.1) is 0 Å². The molecule has 0 saturated carbocycles. The van der Waals surface area contributed by atoms with Crippen LogP contribution in [0, 0.1) is 0 Å². The van der Waals surface area contributed by atoms with E-state index in [1.807, 2.05) is 0 Å². The van der Waals surface area contributed by atoms with Crippen molar-refractivity contribution < 1.29 is 9.59 Å². The number of rotatable bonds is 3. The van der Waals surface area contributed by atoms with Crippen LogP contribution in [0.4, 0.5) is 16.2 Å². The summed E-state index contributed by atoms with van der Waals surface area (Å²) in [5, 5.41) is 8.38. The molecular formula is C15H14ClN3O2. The van der Waals surface area contributed by atoms with E-state index in [2.05, 4.69) is 16.0 Å². The lowest BCUT2D eigenvalue weighted by molar-refractivity contribution is 0.0963. The van der Waals surface area contributed by atoms with Crippen molar-refractivity contribution >= 4 is 34.9 Å². The lowest BCUT2D eigenvalue weighted by atomic mass is 10.2. The first-order valence-electron chi connectivity index (χ1n) is 6.24. The van der Waals surface area contributed by atoms with Gasteiger partial charge >= 0.3 is 6.03 Å². The average Bonchev–Trinajstić information content (AvgIpc) is 2.46. The molecule has 2 rings (SSSR count). The van der Waals surface area contributed by atoms with Crippen LogP contribution in [0.25, 0.3) is 0 Å². The number of urea groups is 1. The van der Waals surface area contributed by atoms with Gasteiger partial charge in [-0.3, -0.25) is 4.79 Å². The van der Waals surface area contributed by atoms with E-state index < -0.39 is 6.03 Å². The molecule has 5 nitrogen and oxygen atoms in total. The summed E-state index contributed by atoms with van der Waals surface area (Å²) in [7, 11) is 1.55. The van der Waals surface area contributed by atoms with Gasteiger partial charge in [-0.1, -0.05) is 23.7 Å². The molecular weight excluding hydrogens is 290 g/mol. The zero-order chi connectivity index (χ0) is 15.2. The Labute approximate surface area is 127 Å². The van der Waals surface area contributed by atoms with Gasteiger partial charge in [0.1, 0.15) is 0 Å². The largest absolute Gasteiger partial charge is 0.355 e. The van der Waals surface area contributed by atoms with Crippen LogP contribution >= 0.6 is 11.6 Å². The molecule has 21 heavy (non-hydrogen) atoms. The second-order valence-corrected chi connectivity index (χ2v) is 4.69. The maximum absolute atomic E-state index is 11.9. The Kier molecular flexibility index (Phi) is 4.79. The Morgan fingerprint density at radius 1 is 0.952 bits per heavy atom. The molecule has 3 amide bonds. The third kappa shape index (κ3) is 4.22. The van der Waals surface area contributed by atoms with Gasteiger partial charge in [0.15, 0.2) is 0 Å². The molecule has 0 aliphatic carbocycles. The highest BCUT2D eigenvalue weighted by Crippen LogP contribution is 2.16. The highest BCUT2D eigenvalue weighted by atomic mass is 35.5. The van der Waals surface area contributed by atoms with Crippen LogP contribution in [0.2, 0.25) is 5.02 Å².